The molecular weight excluding hydrogens is 236 g/mol. The summed E-state index contributed by atoms with van der Waals surface area (Å²) < 4.78 is 11.1. The van der Waals surface area contributed by atoms with Crippen LogP contribution >= 0.6 is 0 Å². The number of allylic oxidation sites excluding steroid dienone is 1. The van der Waals surface area contributed by atoms with E-state index in [1.54, 1.807) is 12.3 Å². The van der Waals surface area contributed by atoms with Gasteiger partial charge in [0.25, 0.3) is 6.10 Å². The van der Waals surface area contributed by atoms with Gasteiger partial charge >= 0.3 is 0 Å². The van der Waals surface area contributed by atoms with Crippen LogP contribution in [-0.4, -0.2) is 12.4 Å². The Kier molecular flexibility index (Phi) is 5.00. The molecule has 1 heterocycles. The minimum atomic E-state index is 0.310. The lowest BCUT2D eigenvalue weighted by molar-refractivity contribution is -0.0714. The van der Waals surface area contributed by atoms with E-state index < -0.39 is 0 Å². The minimum absolute atomic E-state index is 0.310. The third-order valence-corrected chi connectivity index (χ3v) is 4.04. The van der Waals surface area contributed by atoms with Crippen LogP contribution in [0.5, 0.6) is 0 Å². The maximum atomic E-state index is 5.85. The van der Waals surface area contributed by atoms with Gasteiger partial charge in [-0.3, -0.25) is 0 Å². The molecule has 0 spiro atoms. The molecule has 19 heavy (non-hydrogen) atoms. The number of hydrogen-bond acceptors (Lipinski definition) is 1. The van der Waals surface area contributed by atoms with Crippen molar-refractivity contribution in [1.82, 2.24) is 0 Å². The number of carbonyl (C=O) groups excluding carboxylic acids is 1. The van der Waals surface area contributed by atoms with Crippen molar-refractivity contribution in [3.63, 3.8) is 0 Å². The van der Waals surface area contributed by atoms with E-state index in [-0.39, 0.29) is 0 Å². The summed E-state index contributed by atoms with van der Waals surface area (Å²) >= 11 is 0. The molecule has 2 nitrogen and oxygen atoms in total. The molecule has 0 N–H and O–H groups in total. The van der Waals surface area contributed by atoms with Crippen LogP contribution in [0.3, 0.4) is 0 Å². The lowest BCUT2D eigenvalue weighted by Gasteiger charge is -2.29. The van der Waals surface area contributed by atoms with Gasteiger partial charge < -0.3 is 8.84 Å². The van der Waals surface area contributed by atoms with E-state index in [1.165, 1.54) is 12.8 Å². The molecule has 0 aliphatic heterocycles. The Bertz CT molecular complexity index is 414. The van der Waals surface area contributed by atoms with Crippen molar-refractivity contribution < 1.29 is 8.84 Å². The Hall–Kier alpha value is -1.31. The third kappa shape index (κ3) is 4.09. The highest BCUT2D eigenvalue weighted by Gasteiger charge is 2.36. The van der Waals surface area contributed by atoms with Crippen LogP contribution in [0, 0.1) is 17.8 Å². The highest BCUT2D eigenvalue weighted by molar-refractivity contribution is 5.73. The molecule has 0 aromatic carbocycles. The van der Waals surface area contributed by atoms with E-state index in [2.05, 4.69) is 27.1 Å². The van der Waals surface area contributed by atoms with Gasteiger partial charge in [-0.1, -0.05) is 20.8 Å². The fraction of sp³-hybridized carbons (Fsp3) is 0.588. The second-order valence-electron chi connectivity index (χ2n) is 5.95. The predicted molar refractivity (Wildman–Crippen MR) is 78.6 cm³/mol. The zero-order valence-electron chi connectivity index (χ0n) is 12.1. The van der Waals surface area contributed by atoms with Gasteiger partial charge in [-0.25, -0.2) is 0 Å². The molecular formula is C17H24O2. The molecule has 2 rings (SSSR count). The minimum Gasteiger partial charge on any atom is -0.484 e. The molecule has 1 fully saturated rings. The first kappa shape index (κ1) is 14.1. The Labute approximate surface area is 116 Å². The van der Waals surface area contributed by atoms with Crippen LogP contribution in [-0.2, 0) is 4.42 Å². The molecule has 0 radical (unpaired) electrons. The van der Waals surface area contributed by atoms with Crippen molar-refractivity contribution in [1.29, 1.82) is 0 Å². The summed E-state index contributed by atoms with van der Waals surface area (Å²) in [5.74, 6) is 2.92. The van der Waals surface area contributed by atoms with Crippen LogP contribution in [0.2, 0.25) is 0 Å². The molecule has 1 aliphatic carbocycles. The van der Waals surface area contributed by atoms with Crippen LogP contribution in [0.1, 0.15) is 45.8 Å². The fourth-order valence-corrected chi connectivity index (χ4v) is 2.88. The van der Waals surface area contributed by atoms with Crippen molar-refractivity contribution in [3.8, 4) is 0 Å². The number of rotatable bonds is 4. The van der Waals surface area contributed by atoms with Crippen LogP contribution in [0.4, 0.5) is 0 Å². The molecule has 1 aliphatic rings. The van der Waals surface area contributed by atoms with Gasteiger partial charge in [0.15, 0.2) is 0 Å². The lowest BCUT2D eigenvalue weighted by Crippen LogP contribution is -2.32. The Balaban J connectivity index is 1.94. The van der Waals surface area contributed by atoms with Gasteiger partial charge in [-0.05, 0) is 36.8 Å². The normalized spacial score (nSPS) is 28.7. The molecule has 0 amide bonds. The summed E-state index contributed by atoms with van der Waals surface area (Å²) in [6.07, 6.45) is 12.3. The van der Waals surface area contributed by atoms with Gasteiger partial charge in [0.2, 0.25) is 6.29 Å². The smallest absolute Gasteiger partial charge is 0.251 e. The predicted octanol–water partition coefficient (Wildman–Crippen LogP) is 4.40. The Morgan fingerprint density at radius 2 is 2.26 bits per heavy atom. The van der Waals surface area contributed by atoms with E-state index in [1.807, 2.05) is 18.2 Å². The van der Waals surface area contributed by atoms with E-state index >= 15 is 0 Å². The Morgan fingerprint density at radius 1 is 1.42 bits per heavy atom. The lowest BCUT2D eigenvalue weighted by atomic mass is 9.75. The van der Waals surface area contributed by atoms with E-state index in [0.29, 0.717) is 17.9 Å². The van der Waals surface area contributed by atoms with Gasteiger partial charge in [-0.2, -0.15) is 6.08 Å². The van der Waals surface area contributed by atoms with Gasteiger partial charge in [0, 0.05) is 18.1 Å². The molecule has 0 saturated heterocycles. The highest BCUT2D eigenvalue weighted by atomic mass is 16.4. The first-order chi connectivity index (χ1) is 9.16. The number of hydrogen-bond donors (Lipinski definition) is 0. The maximum Gasteiger partial charge on any atom is 0.251 e. The average molecular weight is 260 g/mol. The average Bonchev–Trinajstić information content (AvgIpc) is 2.87. The summed E-state index contributed by atoms with van der Waals surface area (Å²) in [6, 6.07) is 3.79. The van der Waals surface area contributed by atoms with Crippen molar-refractivity contribution in [2.24, 2.45) is 17.8 Å². The molecule has 1 aromatic heterocycles. The van der Waals surface area contributed by atoms with Crippen LogP contribution in [0.15, 0.2) is 28.9 Å². The molecule has 0 unspecified atom stereocenters. The van der Waals surface area contributed by atoms with Crippen molar-refractivity contribution in [2.45, 2.75) is 46.1 Å². The third-order valence-electron chi connectivity index (χ3n) is 4.04. The van der Waals surface area contributed by atoms with E-state index in [0.717, 1.165) is 18.1 Å². The summed E-state index contributed by atoms with van der Waals surface area (Å²) in [5.41, 5.74) is 0. The first-order valence-corrected chi connectivity index (χ1v) is 7.28. The molecule has 1 aromatic rings. The number of furan rings is 1. The van der Waals surface area contributed by atoms with Crippen molar-refractivity contribution >= 4 is 12.4 Å². The summed E-state index contributed by atoms with van der Waals surface area (Å²) in [4.78, 5) is 0. The second-order valence-corrected chi connectivity index (χ2v) is 5.95. The summed E-state index contributed by atoms with van der Waals surface area (Å²) in [5, 5.41) is 0. The molecule has 3 atom stereocenters. The zero-order valence-corrected chi connectivity index (χ0v) is 12.1. The quantitative estimate of drug-likeness (QED) is 0.447. The largest absolute Gasteiger partial charge is 0.484 e. The molecule has 2 heteroatoms. The maximum absolute atomic E-state index is 5.85. The molecule has 1 saturated carbocycles. The van der Waals surface area contributed by atoms with Gasteiger partial charge in [0.05, 0.1) is 6.26 Å². The topological polar surface area (TPSA) is 24.4 Å². The molecule has 104 valence electrons. The van der Waals surface area contributed by atoms with Crippen LogP contribution in [0.25, 0.3) is 6.08 Å². The zero-order chi connectivity index (χ0) is 13.7. The van der Waals surface area contributed by atoms with Crippen LogP contribution < -0.4 is 0 Å². The summed E-state index contributed by atoms with van der Waals surface area (Å²) in [6.45, 7) is 6.89. The SMILES string of the molecule is CC(C)[C@H]1CC[C@H](C)C[C@@H]1[O+]=[C-]/C=C/c1ccco1. The second kappa shape index (κ2) is 6.74. The Morgan fingerprint density at radius 3 is 2.95 bits per heavy atom. The van der Waals surface area contributed by atoms with E-state index in [4.69, 9.17) is 8.84 Å². The monoisotopic (exact) mass is 260 g/mol. The van der Waals surface area contributed by atoms with Crippen molar-refractivity contribution in [3.05, 3.63) is 30.2 Å². The van der Waals surface area contributed by atoms with Crippen molar-refractivity contribution in [2.75, 3.05) is 0 Å². The standard InChI is InChI=1S/C17H24O2/c1-13(2)16-9-8-14(3)12-17(16)19-11-5-7-15-6-4-10-18-15/h4-7,10,13-14,16-17H,8-9,12H2,1-3H3/b7-5+/t14-,16+,17-/m0/s1. The first-order valence-electron chi connectivity index (χ1n) is 7.28. The molecule has 0 bridgehead atoms. The fourth-order valence-electron chi connectivity index (χ4n) is 2.88. The van der Waals surface area contributed by atoms with Gasteiger partial charge in [0.1, 0.15) is 0 Å². The van der Waals surface area contributed by atoms with E-state index in [9.17, 15) is 0 Å². The summed E-state index contributed by atoms with van der Waals surface area (Å²) in [7, 11) is 0. The van der Waals surface area contributed by atoms with Gasteiger partial charge in [-0.15, -0.1) is 6.08 Å². The highest BCUT2D eigenvalue weighted by Crippen LogP contribution is 2.34.